The van der Waals surface area contributed by atoms with Crippen LogP contribution in [0.5, 0.6) is 0 Å². The van der Waals surface area contributed by atoms with Crippen molar-refractivity contribution in [3.8, 4) is 0 Å². The molecule has 96 valence electrons. The third-order valence-corrected chi connectivity index (χ3v) is 4.03. The second kappa shape index (κ2) is 5.65. The van der Waals surface area contributed by atoms with Crippen LogP contribution in [0.2, 0.25) is 0 Å². The lowest BCUT2D eigenvalue weighted by Gasteiger charge is -2.08. The third kappa shape index (κ3) is 3.55. The number of sulfonamides is 1. The molecule has 1 aromatic carbocycles. The van der Waals surface area contributed by atoms with Gasteiger partial charge in [0.15, 0.2) is 0 Å². The van der Waals surface area contributed by atoms with E-state index in [9.17, 15) is 17.2 Å². The Labute approximate surface area is 103 Å². The maximum Gasteiger partial charge on any atom is 0.243 e. The highest BCUT2D eigenvalue weighted by Gasteiger charge is 2.20. The molecule has 0 aliphatic rings. The normalized spacial score (nSPS) is 11.7. The summed E-state index contributed by atoms with van der Waals surface area (Å²) in [4.78, 5) is -0.641. The van der Waals surface area contributed by atoms with Crippen molar-refractivity contribution in [3.05, 3.63) is 23.8 Å². The summed E-state index contributed by atoms with van der Waals surface area (Å²) in [5.74, 6) is -1.59. The lowest BCUT2D eigenvalue weighted by molar-refractivity contribution is 0.546. The zero-order valence-electron chi connectivity index (χ0n) is 9.04. The summed E-state index contributed by atoms with van der Waals surface area (Å²) in [5.41, 5.74) is 4.80. The van der Waals surface area contributed by atoms with E-state index in [-0.39, 0.29) is 6.54 Å². The van der Waals surface area contributed by atoms with Gasteiger partial charge in [0.2, 0.25) is 10.0 Å². The van der Waals surface area contributed by atoms with E-state index in [1.165, 1.54) is 11.8 Å². The molecular weight excluding hydrogens is 270 g/mol. The molecule has 1 rings (SSSR count). The van der Waals surface area contributed by atoms with Gasteiger partial charge < -0.3 is 5.73 Å². The Hall–Kier alpha value is -0.860. The van der Waals surface area contributed by atoms with Crippen LogP contribution in [0.15, 0.2) is 17.0 Å². The van der Waals surface area contributed by atoms with Crippen LogP contribution in [0.1, 0.15) is 0 Å². The predicted molar refractivity (Wildman–Crippen MR) is 64.3 cm³/mol. The molecule has 0 atom stereocenters. The third-order valence-electron chi connectivity index (χ3n) is 1.94. The van der Waals surface area contributed by atoms with E-state index >= 15 is 0 Å². The SMILES string of the molecule is CSCCNS(=O)(=O)c1cc(N)c(F)cc1F. The number of hydrogen-bond donors (Lipinski definition) is 2. The first kappa shape index (κ1) is 14.2. The summed E-state index contributed by atoms with van der Waals surface area (Å²) in [6.45, 7) is 0.167. The summed E-state index contributed by atoms with van der Waals surface area (Å²) in [6.07, 6.45) is 1.81. The van der Waals surface area contributed by atoms with Gasteiger partial charge in [-0.05, 0) is 12.3 Å². The molecule has 0 fully saturated rings. The zero-order valence-corrected chi connectivity index (χ0v) is 10.7. The largest absolute Gasteiger partial charge is 0.396 e. The van der Waals surface area contributed by atoms with Crippen LogP contribution in [0.25, 0.3) is 0 Å². The van der Waals surface area contributed by atoms with Crippen LogP contribution >= 0.6 is 11.8 Å². The van der Waals surface area contributed by atoms with E-state index in [1.807, 2.05) is 6.26 Å². The van der Waals surface area contributed by atoms with E-state index in [2.05, 4.69) is 4.72 Å². The van der Waals surface area contributed by atoms with Crippen molar-refractivity contribution in [2.24, 2.45) is 0 Å². The topological polar surface area (TPSA) is 72.2 Å². The van der Waals surface area contributed by atoms with Crippen molar-refractivity contribution in [3.63, 3.8) is 0 Å². The van der Waals surface area contributed by atoms with Gasteiger partial charge in [-0.2, -0.15) is 11.8 Å². The van der Waals surface area contributed by atoms with Crippen LogP contribution < -0.4 is 10.5 Å². The maximum absolute atomic E-state index is 13.3. The number of nitrogen functional groups attached to an aromatic ring is 1. The molecule has 8 heteroatoms. The summed E-state index contributed by atoms with van der Waals surface area (Å²) in [6, 6.07) is 1.23. The molecule has 0 amide bonds. The molecule has 0 radical (unpaired) electrons. The van der Waals surface area contributed by atoms with Crippen molar-refractivity contribution < 1.29 is 17.2 Å². The first-order valence-electron chi connectivity index (χ1n) is 4.61. The maximum atomic E-state index is 13.3. The second-order valence-electron chi connectivity index (χ2n) is 3.19. The highest BCUT2D eigenvalue weighted by molar-refractivity contribution is 7.98. The Bertz CT molecular complexity index is 506. The standard InChI is InChI=1S/C9H12F2N2O2S2/c1-16-3-2-13-17(14,15)9-5-8(12)6(10)4-7(9)11/h4-5,13H,2-3,12H2,1H3. The fraction of sp³-hybridized carbons (Fsp3) is 0.333. The number of nitrogens with one attached hydrogen (secondary N) is 1. The number of hydrogen-bond acceptors (Lipinski definition) is 4. The first-order valence-corrected chi connectivity index (χ1v) is 7.49. The fourth-order valence-corrected chi connectivity index (χ4v) is 2.67. The molecule has 0 unspecified atom stereocenters. The van der Waals surface area contributed by atoms with E-state index < -0.39 is 32.2 Å². The Morgan fingerprint density at radius 2 is 2.00 bits per heavy atom. The molecule has 0 heterocycles. The van der Waals surface area contributed by atoms with Gasteiger partial charge in [-0.1, -0.05) is 0 Å². The number of rotatable bonds is 5. The number of anilines is 1. The van der Waals surface area contributed by atoms with Gasteiger partial charge in [-0.25, -0.2) is 21.9 Å². The van der Waals surface area contributed by atoms with Gasteiger partial charge in [-0.3, -0.25) is 0 Å². The summed E-state index contributed by atoms with van der Waals surface area (Å²) in [7, 11) is -3.99. The van der Waals surface area contributed by atoms with Crippen molar-refractivity contribution in [2.75, 3.05) is 24.3 Å². The summed E-state index contributed by atoms with van der Waals surface area (Å²) >= 11 is 1.44. The van der Waals surface area contributed by atoms with E-state index in [0.717, 1.165) is 6.07 Å². The molecule has 0 aromatic heterocycles. The Morgan fingerprint density at radius 1 is 1.35 bits per heavy atom. The van der Waals surface area contributed by atoms with Crippen LogP contribution in [0, 0.1) is 11.6 Å². The zero-order chi connectivity index (χ0) is 13.1. The molecule has 0 saturated carbocycles. The number of benzene rings is 1. The molecule has 0 bridgehead atoms. The molecule has 0 aliphatic heterocycles. The average molecular weight is 282 g/mol. The van der Waals surface area contributed by atoms with Gasteiger partial charge in [0.1, 0.15) is 16.5 Å². The lowest BCUT2D eigenvalue weighted by Crippen LogP contribution is -2.27. The molecule has 17 heavy (non-hydrogen) atoms. The van der Waals surface area contributed by atoms with E-state index in [0.29, 0.717) is 11.8 Å². The summed E-state index contributed by atoms with van der Waals surface area (Å²) in [5, 5.41) is 0. The van der Waals surface area contributed by atoms with Crippen LogP contribution in [-0.2, 0) is 10.0 Å². The van der Waals surface area contributed by atoms with Crippen molar-refractivity contribution >= 4 is 27.5 Å². The van der Waals surface area contributed by atoms with Gasteiger partial charge in [-0.15, -0.1) is 0 Å². The quantitative estimate of drug-likeness (QED) is 0.628. The van der Waals surface area contributed by atoms with Gasteiger partial charge >= 0.3 is 0 Å². The number of nitrogens with two attached hydrogens (primary N) is 1. The van der Waals surface area contributed by atoms with E-state index in [4.69, 9.17) is 5.73 Å². The monoisotopic (exact) mass is 282 g/mol. The minimum Gasteiger partial charge on any atom is -0.396 e. The van der Waals surface area contributed by atoms with Crippen LogP contribution in [0.4, 0.5) is 14.5 Å². The van der Waals surface area contributed by atoms with Crippen molar-refractivity contribution in [1.29, 1.82) is 0 Å². The molecule has 0 spiro atoms. The highest BCUT2D eigenvalue weighted by Crippen LogP contribution is 2.20. The van der Waals surface area contributed by atoms with E-state index in [1.54, 1.807) is 0 Å². The fourth-order valence-electron chi connectivity index (χ4n) is 1.11. The molecule has 1 aromatic rings. The molecule has 3 N–H and O–H groups in total. The Balaban J connectivity index is 3.03. The van der Waals surface area contributed by atoms with Gasteiger partial charge in [0, 0.05) is 18.4 Å². The summed E-state index contributed by atoms with van der Waals surface area (Å²) < 4.78 is 51.7. The van der Waals surface area contributed by atoms with Crippen molar-refractivity contribution in [1.82, 2.24) is 4.72 Å². The molecule has 0 aliphatic carbocycles. The minimum absolute atomic E-state index is 0.167. The Kier molecular flexibility index (Phi) is 4.72. The Morgan fingerprint density at radius 3 is 2.59 bits per heavy atom. The lowest BCUT2D eigenvalue weighted by atomic mass is 10.3. The van der Waals surface area contributed by atoms with Gasteiger partial charge in [0.05, 0.1) is 5.69 Å². The number of thioether (sulfide) groups is 1. The van der Waals surface area contributed by atoms with Crippen LogP contribution in [-0.4, -0.2) is 27.0 Å². The minimum atomic E-state index is -3.99. The smallest absolute Gasteiger partial charge is 0.243 e. The molecule has 0 saturated heterocycles. The molecule has 4 nitrogen and oxygen atoms in total. The average Bonchev–Trinajstić information content (AvgIpc) is 2.23. The second-order valence-corrected chi connectivity index (χ2v) is 5.92. The predicted octanol–water partition coefficient (Wildman–Crippen LogP) is 1.19. The highest BCUT2D eigenvalue weighted by atomic mass is 32.2. The molecular formula is C9H12F2N2O2S2. The first-order chi connectivity index (χ1) is 7.88. The number of halogens is 2. The van der Waals surface area contributed by atoms with Crippen LogP contribution in [0.3, 0.4) is 0 Å². The van der Waals surface area contributed by atoms with Gasteiger partial charge in [0.25, 0.3) is 0 Å². The van der Waals surface area contributed by atoms with Crippen molar-refractivity contribution in [2.45, 2.75) is 4.90 Å².